The van der Waals surface area contributed by atoms with Crippen LogP contribution in [0.4, 0.5) is 8.78 Å². The lowest BCUT2D eigenvalue weighted by molar-refractivity contribution is 0.0988. The van der Waals surface area contributed by atoms with Crippen LogP contribution >= 0.6 is 15.9 Å². The second-order valence-electron chi connectivity index (χ2n) is 5.64. The second-order valence-corrected chi connectivity index (χ2v) is 6.55. The largest absolute Gasteiger partial charge is 0.488 e. The molecule has 1 heterocycles. The zero-order valence-corrected chi connectivity index (χ0v) is 15.2. The molecule has 0 radical (unpaired) electrons. The van der Waals surface area contributed by atoms with E-state index >= 15 is 0 Å². The quantitative estimate of drug-likeness (QED) is 0.522. The molecule has 26 heavy (non-hydrogen) atoms. The van der Waals surface area contributed by atoms with Gasteiger partial charge in [0.25, 0.3) is 0 Å². The molecule has 3 rings (SSSR count). The summed E-state index contributed by atoms with van der Waals surface area (Å²) in [6.45, 7) is 0.0198. The van der Waals surface area contributed by atoms with Gasteiger partial charge < -0.3 is 4.74 Å². The van der Waals surface area contributed by atoms with Crippen LogP contribution < -0.4 is 4.74 Å². The highest BCUT2D eigenvalue weighted by atomic mass is 79.9. The molecule has 0 unspecified atom stereocenters. The van der Waals surface area contributed by atoms with E-state index in [0.717, 1.165) is 22.2 Å². The Morgan fingerprint density at radius 3 is 2.62 bits per heavy atom. The second kappa shape index (κ2) is 8.19. The fraction of sp³-hybridized carbons (Fsp3) is 0.100. The smallest absolute Gasteiger partial charge is 0.171 e. The van der Waals surface area contributed by atoms with Crippen molar-refractivity contribution in [3.63, 3.8) is 0 Å². The minimum atomic E-state index is -0.935. The lowest BCUT2D eigenvalue weighted by Gasteiger charge is -2.12. The molecule has 132 valence electrons. The van der Waals surface area contributed by atoms with Gasteiger partial charge in [0.15, 0.2) is 17.4 Å². The number of hydrogen-bond donors (Lipinski definition) is 0. The van der Waals surface area contributed by atoms with Gasteiger partial charge in [-0.1, -0.05) is 28.1 Å². The zero-order chi connectivity index (χ0) is 18.5. The average molecular weight is 418 g/mol. The zero-order valence-electron chi connectivity index (χ0n) is 13.6. The van der Waals surface area contributed by atoms with Crippen LogP contribution in [0.15, 0.2) is 65.4 Å². The first-order valence-corrected chi connectivity index (χ1v) is 8.60. The third-order valence-corrected chi connectivity index (χ3v) is 4.20. The molecule has 0 bridgehead atoms. The maximum atomic E-state index is 13.3. The molecule has 0 fully saturated rings. The summed E-state index contributed by atoms with van der Waals surface area (Å²) in [4.78, 5) is 16.7. The first-order chi connectivity index (χ1) is 12.5. The molecule has 3 aromatic rings. The van der Waals surface area contributed by atoms with Crippen LogP contribution in [-0.4, -0.2) is 10.8 Å². The Kier molecular flexibility index (Phi) is 5.73. The van der Waals surface area contributed by atoms with E-state index in [-0.39, 0.29) is 18.8 Å². The van der Waals surface area contributed by atoms with Crippen molar-refractivity contribution in [2.75, 3.05) is 0 Å². The van der Waals surface area contributed by atoms with Gasteiger partial charge in [-0.25, -0.2) is 8.78 Å². The van der Waals surface area contributed by atoms with Crippen molar-refractivity contribution in [3.8, 4) is 5.75 Å². The van der Waals surface area contributed by atoms with Crippen molar-refractivity contribution < 1.29 is 18.3 Å². The molecule has 0 saturated carbocycles. The Labute approximate surface area is 157 Å². The Bertz CT molecular complexity index is 932. The number of rotatable bonds is 6. The molecular formula is C20H14BrF2NO2. The molecule has 2 aromatic carbocycles. The molecule has 0 aliphatic rings. The van der Waals surface area contributed by atoms with Crippen LogP contribution in [0, 0.1) is 11.6 Å². The number of ketones is 1. The lowest BCUT2D eigenvalue weighted by Crippen LogP contribution is -2.08. The predicted octanol–water partition coefficient (Wildman–Crippen LogP) is 5.13. The number of benzene rings is 2. The Morgan fingerprint density at radius 1 is 1.04 bits per heavy atom. The van der Waals surface area contributed by atoms with Gasteiger partial charge in [-0.15, -0.1) is 0 Å². The van der Waals surface area contributed by atoms with Gasteiger partial charge in [0, 0.05) is 23.3 Å². The molecular weight excluding hydrogens is 404 g/mol. The molecule has 6 heteroatoms. The summed E-state index contributed by atoms with van der Waals surface area (Å²) in [5.41, 5.74) is 1.67. The number of Topliss-reactive ketones (excluding diaryl/α,β-unsaturated/α-hetero) is 1. The van der Waals surface area contributed by atoms with Crippen molar-refractivity contribution in [2.45, 2.75) is 13.0 Å². The number of aromatic nitrogens is 1. The van der Waals surface area contributed by atoms with Crippen molar-refractivity contribution in [1.29, 1.82) is 0 Å². The molecule has 0 saturated heterocycles. The summed E-state index contributed by atoms with van der Waals surface area (Å²) in [6.07, 6.45) is 3.47. The molecule has 0 amide bonds. The van der Waals surface area contributed by atoms with Gasteiger partial charge in [-0.05, 0) is 47.5 Å². The maximum Gasteiger partial charge on any atom is 0.171 e. The Hall–Kier alpha value is -2.60. The van der Waals surface area contributed by atoms with Gasteiger partial charge in [0.1, 0.15) is 12.4 Å². The average Bonchev–Trinajstić information content (AvgIpc) is 2.64. The van der Waals surface area contributed by atoms with Crippen LogP contribution in [0.3, 0.4) is 0 Å². The summed E-state index contributed by atoms with van der Waals surface area (Å²) in [7, 11) is 0. The van der Waals surface area contributed by atoms with Crippen LogP contribution in [0.2, 0.25) is 0 Å². The molecule has 0 atom stereocenters. The number of halogens is 3. The van der Waals surface area contributed by atoms with Crippen LogP contribution in [0.5, 0.6) is 5.75 Å². The number of nitrogens with zero attached hydrogens (tertiary/aromatic N) is 1. The van der Waals surface area contributed by atoms with E-state index in [4.69, 9.17) is 4.74 Å². The minimum absolute atomic E-state index is 0.0198. The number of carbonyl (C=O) groups is 1. The number of pyridine rings is 1. The summed E-state index contributed by atoms with van der Waals surface area (Å²) in [6, 6.07) is 12.2. The highest BCUT2D eigenvalue weighted by Gasteiger charge is 2.15. The monoisotopic (exact) mass is 417 g/mol. The van der Waals surface area contributed by atoms with Gasteiger partial charge >= 0.3 is 0 Å². The van der Waals surface area contributed by atoms with E-state index in [1.807, 2.05) is 6.07 Å². The van der Waals surface area contributed by atoms with Gasteiger partial charge in [-0.2, -0.15) is 0 Å². The topological polar surface area (TPSA) is 39.2 Å². The van der Waals surface area contributed by atoms with Crippen molar-refractivity contribution >= 4 is 21.7 Å². The van der Waals surface area contributed by atoms with Crippen LogP contribution in [-0.2, 0) is 13.0 Å². The minimum Gasteiger partial charge on any atom is -0.488 e. The number of carbonyl (C=O) groups excluding carboxylic acids is 1. The first-order valence-electron chi connectivity index (χ1n) is 7.81. The standard InChI is InChI=1S/C20H14BrF2NO2/c21-15-4-6-20(26-12-14-3-5-17(22)18(23)8-14)16(10-15)19(25)9-13-2-1-7-24-11-13/h1-8,10-11H,9,12H2. The molecule has 3 nitrogen and oxygen atoms in total. The third kappa shape index (κ3) is 4.52. The molecule has 0 aliphatic heterocycles. The SMILES string of the molecule is O=C(Cc1cccnc1)c1cc(Br)ccc1OCc1ccc(F)c(F)c1. The highest BCUT2D eigenvalue weighted by Crippen LogP contribution is 2.26. The third-order valence-electron chi connectivity index (χ3n) is 3.71. The Morgan fingerprint density at radius 2 is 1.88 bits per heavy atom. The number of ether oxygens (including phenoxy) is 1. The highest BCUT2D eigenvalue weighted by molar-refractivity contribution is 9.10. The fourth-order valence-corrected chi connectivity index (χ4v) is 2.78. The summed E-state index contributed by atoms with van der Waals surface area (Å²) in [5.74, 6) is -1.59. The van der Waals surface area contributed by atoms with Crippen LogP contribution in [0.25, 0.3) is 0 Å². The van der Waals surface area contributed by atoms with Gasteiger partial charge in [0.2, 0.25) is 0 Å². The normalized spacial score (nSPS) is 10.6. The van der Waals surface area contributed by atoms with Gasteiger partial charge in [-0.3, -0.25) is 9.78 Å². The summed E-state index contributed by atoms with van der Waals surface area (Å²) in [5, 5.41) is 0. The molecule has 0 aliphatic carbocycles. The van der Waals surface area contributed by atoms with E-state index in [0.29, 0.717) is 16.9 Å². The van der Waals surface area contributed by atoms with Crippen LogP contribution in [0.1, 0.15) is 21.5 Å². The van der Waals surface area contributed by atoms with Crippen molar-refractivity contribution in [1.82, 2.24) is 4.98 Å². The fourth-order valence-electron chi connectivity index (χ4n) is 2.42. The van der Waals surface area contributed by atoms with Crippen molar-refractivity contribution in [2.24, 2.45) is 0 Å². The Balaban J connectivity index is 1.79. The first kappa shape index (κ1) is 18.2. The summed E-state index contributed by atoms with van der Waals surface area (Å²) >= 11 is 3.35. The van der Waals surface area contributed by atoms with E-state index in [9.17, 15) is 13.6 Å². The summed E-state index contributed by atoms with van der Waals surface area (Å²) < 4.78 is 32.8. The predicted molar refractivity (Wildman–Crippen MR) is 97.1 cm³/mol. The van der Waals surface area contributed by atoms with E-state index in [1.54, 1.807) is 36.7 Å². The van der Waals surface area contributed by atoms with Gasteiger partial charge in [0.05, 0.1) is 5.56 Å². The van der Waals surface area contributed by atoms with E-state index < -0.39 is 11.6 Å². The van der Waals surface area contributed by atoms with E-state index in [2.05, 4.69) is 20.9 Å². The molecule has 0 spiro atoms. The maximum absolute atomic E-state index is 13.3. The molecule has 0 N–H and O–H groups in total. The molecule has 1 aromatic heterocycles. The number of hydrogen-bond acceptors (Lipinski definition) is 3. The lowest BCUT2D eigenvalue weighted by atomic mass is 10.0. The van der Waals surface area contributed by atoms with E-state index in [1.165, 1.54) is 6.07 Å². The van der Waals surface area contributed by atoms with Crippen molar-refractivity contribution in [3.05, 3.63) is 93.7 Å².